The molecular weight excluding hydrogens is 321 g/mol. The van der Waals surface area contributed by atoms with Crippen LogP contribution in [0.25, 0.3) is 0 Å². The third-order valence-electron chi connectivity index (χ3n) is 4.68. The fourth-order valence-corrected chi connectivity index (χ4v) is 3.16. The highest BCUT2D eigenvalue weighted by Crippen LogP contribution is 2.55. The van der Waals surface area contributed by atoms with Gasteiger partial charge in [-0.05, 0) is 19.3 Å². The van der Waals surface area contributed by atoms with Gasteiger partial charge in [-0.25, -0.2) is 9.97 Å². The molecule has 1 aromatic heterocycles. The van der Waals surface area contributed by atoms with Crippen molar-refractivity contribution in [3.05, 3.63) is 23.8 Å². The van der Waals surface area contributed by atoms with Crippen molar-refractivity contribution in [3.63, 3.8) is 0 Å². The molecule has 2 atom stereocenters. The quantitative estimate of drug-likeness (QED) is 0.864. The van der Waals surface area contributed by atoms with Gasteiger partial charge < -0.3 is 11.1 Å². The van der Waals surface area contributed by atoms with E-state index in [2.05, 4.69) is 15.3 Å². The number of amides is 1. The summed E-state index contributed by atoms with van der Waals surface area (Å²) in [5.74, 6) is -1.70. The van der Waals surface area contributed by atoms with E-state index < -0.39 is 17.9 Å². The van der Waals surface area contributed by atoms with Crippen LogP contribution in [0.3, 0.4) is 0 Å². The largest absolute Gasteiger partial charge is 0.451 e. The minimum absolute atomic E-state index is 0. The number of carbonyl (C=O) groups is 1. The summed E-state index contributed by atoms with van der Waals surface area (Å²) in [5, 5.41) is 2.83. The van der Waals surface area contributed by atoms with E-state index in [0.29, 0.717) is 6.42 Å². The van der Waals surface area contributed by atoms with E-state index >= 15 is 0 Å². The molecule has 0 aromatic carbocycles. The Morgan fingerprint density at radius 3 is 2.32 bits per heavy atom. The number of nitrogens with zero attached hydrogens (tertiary/aromatic N) is 2. The van der Waals surface area contributed by atoms with Crippen molar-refractivity contribution in [3.8, 4) is 0 Å². The van der Waals surface area contributed by atoms with Gasteiger partial charge >= 0.3 is 6.18 Å². The lowest BCUT2D eigenvalue weighted by Crippen LogP contribution is -2.69. The molecule has 5 nitrogen and oxygen atoms in total. The van der Waals surface area contributed by atoms with Gasteiger partial charge in [-0.3, -0.25) is 4.79 Å². The van der Waals surface area contributed by atoms with Crippen LogP contribution in [0.4, 0.5) is 13.2 Å². The summed E-state index contributed by atoms with van der Waals surface area (Å²) in [6.45, 7) is 0. The molecule has 1 heterocycles. The Labute approximate surface area is 131 Å². The number of hydrogen-bond acceptors (Lipinski definition) is 4. The van der Waals surface area contributed by atoms with Crippen LogP contribution in [-0.4, -0.2) is 28.0 Å². The zero-order valence-corrected chi connectivity index (χ0v) is 12.4. The number of aromatic nitrogens is 2. The van der Waals surface area contributed by atoms with Crippen molar-refractivity contribution in [2.75, 3.05) is 0 Å². The van der Waals surface area contributed by atoms with Crippen LogP contribution in [0.5, 0.6) is 0 Å². The minimum atomic E-state index is -4.61. The minimum Gasteiger partial charge on any atom is -0.349 e. The van der Waals surface area contributed by atoms with Gasteiger partial charge in [0.2, 0.25) is 5.82 Å². The van der Waals surface area contributed by atoms with Crippen molar-refractivity contribution < 1.29 is 18.0 Å². The van der Waals surface area contributed by atoms with Crippen molar-refractivity contribution in [1.29, 1.82) is 0 Å². The van der Waals surface area contributed by atoms with E-state index in [-0.39, 0.29) is 35.5 Å². The number of halogens is 4. The first kappa shape index (κ1) is 17.0. The number of nitrogens with two attached hydrogens (primary N) is 1. The molecule has 22 heavy (non-hydrogen) atoms. The Balaban J connectivity index is 0.00000176. The van der Waals surface area contributed by atoms with E-state index in [1.807, 2.05) is 0 Å². The maximum Gasteiger partial charge on any atom is 0.451 e. The van der Waals surface area contributed by atoms with Crippen molar-refractivity contribution in [2.24, 2.45) is 11.1 Å². The molecule has 0 aliphatic heterocycles. The lowest BCUT2D eigenvalue weighted by Gasteiger charge is -2.60. The van der Waals surface area contributed by atoms with Crippen LogP contribution in [0, 0.1) is 5.41 Å². The van der Waals surface area contributed by atoms with Gasteiger partial charge in [0.1, 0.15) is 0 Å². The fourth-order valence-electron chi connectivity index (χ4n) is 3.16. The Morgan fingerprint density at radius 1 is 1.32 bits per heavy atom. The molecule has 122 valence electrons. The van der Waals surface area contributed by atoms with Gasteiger partial charge in [0.05, 0.1) is 5.56 Å². The van der Waals surface area contributed by atoms with Crippen LogP contribution in [0.15, 0.2) is 12.4 Å². The second-order valence-corrected chi connectivity index (χ2v) is 5.75. The molecule has 3 rings (SSSR count). The molecule has 3 N–H and O–H groups in total. The summed E-state index contributed by atoms with van der Waals surface area (Å²) in [5.41, 5.74) is 6.00. The first-order valence-electron chi connectivity index (χ1n) is 6.78. The molecule has 2 saturated carbocycles. The third kappa shape index (κ3) is 2.65. The number of rotatable bonds is 2. The highest BCUT2D eigenvalue weighted by atomic mass is 35.5. The molecule has 1 amide bonds. The summed E-state index contributed by atoms with van der Waals surface area (Å²) in [4.78, 5) is 18.4. The molecule has 0 radical (unpaired) electrons. The van der Waals surface area contributed by atoms with Crippen molar-refractivity contribution >= 4 is 18.3 Å². The van der Waals surface area contributed by atoms with Gasteiger partial charge in [-0.15, -0.1) is 12.4 Å². The second kappa shape index (κ2) is 5.66. The standard InChI is InChI=1S/C13H15F3N4O.ClH/c14-13(15,16)11-18-5-7(6-19-11)10(21)20-9-4-8(17)12(9)2-1-3-12;/h5-6,8-9H,1-4,17H2,(H,20,21);1H. The monoisotopic (exact) mass is 336 g/mol. The molecule has 1 spiro atoms. The van der Waals surface area contributed by atoms with Gasteiger partial charge in [0.15, 0.2) is 0 Å². The highest BCUT2D eigenvalue weighted by molar-refractivity contribution is 5.93. The molecular formula is C13H16ClF3N4O. The van der Waals surface area contributed by atoms with Crippen LogP contribution in [0.1, 0.15) is 41.9 Å². The molecule has 2 aliphatic rings. The molecule has 9 heteroatoms. The maximum absolute atomic E-state index is 12.4. The number of hydrogen-bond donors (Lipinski definition) is 2. The lowest BCUT2D eigenvalue weighted by atomic mass is 9.50. The van der Waals surface area contributed by atoms with Crippen LogP contribution < -0.4 is 11.1 Å². The van der Waals surface area contributed by atoms with Crippen molar-refractivity contribution in [1.82, 2.24) is 15.3 Å². The number of nitrogens with one attached hydrogen (secondary N) is 1. The molecule has 2 unspecified atom stereocenters. The topological polar surface area (TPSA) is 80.9 Å². The van der Waals surface area contributed by atoms with Crippen LogP contribution in [-0.2, 0) is 6.18 Å². The van der Waals surface area contributed by atoms with Crippen molar-refractivity contribution in [2.45, 2.75) is 43.9 Å². The summed E-state index contributed by atoms with van der Waals surface area (Å²) in [6, 6.07) is 0.0939. The van der Waals surface area contributed by atoms with Crippen LogP contribution >= 0.6 is 12.4 Å². The van der Waals surface area contributed by atoms with Gasteiger partial charge in [0.25, 0.3) is 5.91 Å². The average molecular weight is 337 g/mol. The van der Waals surface area contributed by atoms with Gasteiger partial charge in [-0.2, -0.15) is 13.2 Å². The lowest BCUT2D eigenvalue weighted by molar-refractivity contribution is -0.145. The van der Waals surface area contributed by atoms with Gasteiger partial charge in [0, 0.05) is 29.9 Å². The third-order valence-corrected chi connectivity index (χ3v) is 4.68. The normalized spacial score (nSPS) is 25.6. The molecule has 2 aliphatic carbocycles. The maximum atomic E-state index is 12.4. The van der Waals surface area contributed by atoms with E-state index in [1.165, 1.54) is 0 Å². The fraction of sp³-hybridized carbons (Fsp3) is 0.615. The highest BCUT2D eigenvalue weighted by Gasteiger charge is 2.57. The first-order valence-corrected chi connectivity index (χ1v) is 6.78. The van der Waals surface area contributed by atoms with E-state index in [4.69, 9.17) is 5.73 Å². The smallest absolute Gasteiger partial charge is 0.349 e. The molecule has 0 bridgehead atoms. The molecule has 2 fully saturated rings. The predicted molar refractivity (Wildman–Crippen MR) is 74.4 cm³/mol. The van der Waals surface area contributed by atoms with Crippen LogP contribution in [0.2, 0.25) is 0 Å². The zero-order chi connectivity index (χ0) is 15.3. The number of alkyl halides is 3. The van der Waals surface area contributed by atoms with Gasteiger partial charge in [-0.1, -0.05) is 6.42 Å². The Hall–Kier alpha value is -1.41. The predicted octanol–water partition coefficient (Wildman–Crippen LogP) is 1.92. The second-order valence-electron chi connectivity index (χ2n) is 5.75. The average Bonchev–Trinajstić information content (AvgIpc) is 2.35. The van der Waals surface area contributed by atoms with E-state index in [0.717, 1.165) is 31.7 Å². The Morgan fingerprint density at radius 2 is 1.91 bits per heavy atom. The summed E-state index contributed by atoms with van der Waals surface area (Å²) in [7, 11) is 0. The molecule has 1 aromatic rings. The SMILES string of the molecule is Cl.NC1CC(NC(=O)c2cnc(C(F)(F)F)nc2)C12CCC2. The summed E-state index contributed by atoms with van der Waals surface area (Å²) in [6.07, 6.45) is 0.974. The summed E-state index contributed by atoms with van der Waals surface area (Å²) < 4.78 is 37.1. The Kier molecular flexibility index (Phi) is 4.36. The summed E-state index contributed by atoms with van der Waals surface area (Å²) >= 11 is 0. The number of carbonyl (C=O) groups excluding carboxylic acids is 1. The van der Waals surface area contributed by atoms with E-state index in [9.17, 15) is 18.0 Å². The zero-order valence-electron chi connectivity index (χ0n) is 11.6. The van der Waals surface area contributed by atoms with E-state index in [1.54, 1.807) is 0 Å². The Bertz CT molecular complexity index is 559. The molecule has 0 saturated heterocycles. The first-order chi connectivity index (χ1) is 9.83.